The normalized spacial score (nSPS) is 12.0. The molecule has 6 nitrogen and oxygen atoms in total. The van der Waals surface area contributed by atoms with Crippen LogP contribution in [0.4, 0.5) is 5.69 Å². The number of amides is 1. The van der Waals surface area contributed by atoms with Gasteiger partial charge >= 0.3 is 11.9 Å². The minimum atomic E-state index is -1.53. The number of hydrogen-bond acceptors (Lipinski definition) is 4. The lowest BCUT2D eigenvalue weighted by atomic mass is 10.0. The summed E-state index contributed by atoms with van der Waals surface area (Å²) >= 11 is 0. The van der Waals surface area contributed by atoms with Gasteiger partial charge < -0.3 is 14.9 Å². The van der Waals surface area contributed by atoms with Crippen molar-refractivity contribution in [2.24, 2.45) is 0 Å². The Morgan fingerprint density at radius 2 is 1.95 bits per heavy atom. The molecule has 21 heavy (non-hydrogen) atoms. The van der Waals surface area contributed by atoms with Gasteiger partial charge in [0.05, 0.1) is 24.9 Å². The second kappa shape index (κ2) is 7.75. The Morgan fingerprint density at radius 3 is 2.43 bits per heavy atom. The highest BCUT2D eigenvalue weighted by atomic mass is 16.5. The molecule has 1 aromatic carbocycles. The van der Waals surface area contributed by atoms with Gasteiger partial charge in [-0.1, -0.05) is 25.1 Å². The first-order valence-electron chi connectivity index (χ1n) is 6.74. The summed E-state index contributed by atoms with van der Waals surface area (Å²) in [7, 11) is 1.48. The van der Waals surface area contributed by atoms with E-state index in [0.717, 1.165) is 5.56 Å². The molecule has 0 aromatic heterocycles. The Balaban J connectivity index is 3.44. The number of anilines is 1. The maximum absolute atomic E-state index is 12.1. The summed E-state index contributed by atoms with van der Waals surface area (Å²) in [6.45, 7) is 3.54. The van der Waals surface area contributed by atoms with Crippen LogP contribution in [0.2, 0.25) is 0 Å². The fraction of sp³-hybridized carbons (Fsp3) is 0.467. The zero-order chi connectivity index (χ0) is 16.0. The van der Waals surface area contributed by atoms with Crippen LogP contribution in [0.3, 0.4) is 0 Å². The van der Waals surface area contributed by atoms with Gasteiger partial charge in [0.2, 0.25) is 0 Å². The van der Waals surface area contributed by atoms with E-state index < -0.39 is 17.9 Å². The van der Waals surface area contributed by atoms with Crippen LogP contribution in [0, 0.1) is 0 Å². The third-order valence-corrected chi connectivity index (χ3v) is 3.25. The molecular weight excluding hydrogens is 274 g/mol. The summed E-state index contributed by atoms with van der Waals surface area (Å²) in [5, 5.41) is 18.6. The van der Waals surface area contributed by atoms with Crippen molar-refractivity contribution in [1.29, 1.82) is 0 Å². The monoisotopic (exact) mass is 295 g/mol. The Kier molecular flexibility index (Phi) is 6.33. The summed E-state index contributed by atoms with van der Waals surface area (Å²) < 4.78 is 5.03. The molecule has 1 aromatic rings. The summed E-state index contributed by atoms with van der Waals surface area (Å²) in [5.74, 6) is -2.57. The van der Waals surface area contributed by atoms with Crippen LogP contribution in [0.1, 0.15) is 25.0 Å². The number of carboxylic acid groups (broad SMARTS) is 1. The molecule has 1 rings (SSSR count). The summed E-state index contributed by atoms with van der Waals surface area (Å²) in [6, 6.07) is 4.81. The highest BCUT2D eigenvalue weighted by Crippen LogP contribution is 2.28. The van der Waals surface area contributed by atoms with Crippen LogP contribution in [0.5, 0.6) is 0 Å². The zero-order valence-electron chi connectivity index (χ0n) is 12.5. The van der Waals surface area contributed by atoms with E-state index >= 15 is 0 Å². The first kappa shape index (κ1) is 17.1. The quantitative estimate of drug-likeness (QED) is 0.770. The topological polar surface area (TPSA) is 87.1 Å². The molecule has 0 radical (unpaired) electrons. The van der Waals surface area contributed by atoms with Gasteiger partial charge in [0.15, 0.2) is 0 Å². The zero-order valence-corrected chi connectivity index (χ0v) is 12.5. The van der Waals surface area contributed by atoms with Crippen molar-refractivity contribution in [3.05, 3.63) is 29.3 Å². The number of carbonyl (C=O) groups excluding carboxylic acids is 1. The summed E-state index contributed by atoms with van der Waals surface area (Å²) in [6.07, 6.45) is 0.617. The molecule has 0 heterocycles. The van der Waals surface area contributed by atoms with Crippen molar-refractivity contribution < 1.29 is 24.5 Å². The molecule has 0 aliphatic heterocycles. The van der Waals surface area contributed by atoms with Crippen molar-refractivity contribution in [3.8, 4) is 0 Å². The first-order chi connectivity index (χ1) is 9.97. The Bertz CT molecular complexity index is 493. The molecule has 1 amide bonds. The molecule has 1 atom stereocenters. The first-order valence-corrected chi connectivity index (χ1v) is 6.74. The highest BCUT2D eigenvalue weighted by molar-refractivity contribution is 6.37. The fourth-order valence-corrected chi connectivity index (χ4v) is 2.31. The number of nitrogens with zero attached hydrogens (tertiary/aromatic N) is 1. The van der Waals surface area contributed by atoms with Gasteiger partial charge in [-0.15, -0.1) is 0 Å². The summed E-state index contributed by atoms with van der Waals surface area (Å²) in [5.41, 5.74) is 1.78. The Hall–Kier alpha value is -1.92. The number of hydrogen-bond donors (Lipinski definition) is 2. The lowest BCUT2D eigenvalue weighted by Crippen LogP contribution is -2.45. The molecule has 6 heteroatoms. The van der Waals surface area contributed by atoms with Gasteiger partial charge in [0, 0.05) is 12.7 Å². The van der Waals surface area contributed by atoms with E-state index in [1.807, 2.05) is 13.0 Å². The Labute approximate surface area is 124 Å². The van der Waals surface area contributed by atoms with Crippen molar-refractivity contribution in [2.45, 2.75) is 32.9 Å². The number of rotatable bonds is 6. The molecule has 0 saturated carbocycles. The van der Waals surface area contributed by atoms with Crippen molar-refractivity contribution in [3.63, 3.8) is 0 Å². The molecule has 0 unspecified atom stereocenters. The van der Waals surface area contributed by atoms with Crippen LogP contribution >= 0.6 is 0 Å². The van der Waals surface area contributed by atoms with Gasteiger partial charge in [-0.3, -0.25) is 9.69 Å². The van der Waals surface area contributed by atoms with E-state index in [-0.39, 0.29) is 13.2 Å². The smallest absolute Gasteiger partial charge is 0.394 e. The van der Waals surface area contributed by atoms with E-state index in [2.05, 4.69) is 0 Å². The molecule has 116 valence electrons. The van der Waals surface area contributed by atoms with Crippen LogP contribution < -0.4 is 4.90 Å². The van der Waals surface area contributed by atoms with Crippen molar-refractivity contribution >= 4 is 17.6 Å². The number of carbonyl (C=O) groups is 2. The molecule has 0 aliphatic rings. The highest BCUT2D eigenvalue weighted by Gasteiger charge is 2.30. The van der Waals surface area contributed by atoms with Gasteiger partial charge in [0.25, 0.3) is 0 Å². The largest absolute Gasteiger partial charge is 0.474 e. The van der Waals surface area contributed by atoms with Crippen LogP contribution in [0.25, 0.3) is 0 Å². The average Bonchev–Trinajstić information content (AvgIpc) is 2.47. The van der Waals surface area contributed by atoms with E-state index in [1.54, 1.807) is 19.1 Å². The van der Waals surface area contributed by atoms with E-state index in [4.69, 9.17) is 9.84 Å². The number of aryl methyl sites for hydroxylation is 1. The second-order valence-corrected chi connectivity index (χ2v) is 4.72. The fourth-order valence-electron chi connectivity index (χ4n) is 2.31. The number of methoxy groups -OCH3 is 1. The molecule has 2 N–H and O–H groups in total. The SMILES string of the molecule is CCc1cccc(CO)c1N(C(=O)C(=O)O)[C@@H](C)COC. The molecule has 0 aliphatic carbocycles. The summed E-state index contributed by atoms with van der Waals surface area (Å²) in [4.78, 5) is 24.4. The van der Waals surface area contributed by atoms with Gasteiger partial charge in [0.1, 0.15) is 0 Å². The minimum absolute atomic E-state index is 0.196. The van der Waals surface area contributed by atoms with Crippen molar-refractivity contribution in [1.82, 2.24) is 0 Å². The lowest BCUT2D eigenvalue weighted by Gasteiger charge is -2.31. The van der Waals surface area contributed by atoms with E-state index in [0.29, 0.717) is 17.7 Å². The van der Waals surface area contributed by atoms with Crippen LogP contribution in [0.15, 0.2) is 18.2 Å². The average molecular weight is 295 g/mol. The van der Waals surface area contributed by atoms with E-state index in [9.17, 15) is 14.7 Å². The maximum Gasteiger partial charge on any atom is 0.394 e. The standard InChI is InChI=1S/C15H21NO5/c1-4-11-6-5-7-12(8-17)13(11)16(10(2)9-21-3)14(18)15(19)20/h5-7,10,17H,4,8-9H2,1-3H3,(H,19,20)/t10-/m0/s1. The third kappa shape index (κ3) is 3.80. The number of benzene rings is 1. The molecule has 0 bridgehead atoms. The predicted octanol–water partition coefficient (Wildman–Crippen LogP) is 1.19. The van der Waals surface area contributed by atoms with Crippen LogP contribution in [-0.4, -0.2) is 41.8 Å². The number of carboxylic acids is 1. The second-order valence-electron chi connectivity index (χ2n) is 4.72. The Morgan fingerprint density at radius 1 is 1.33 bits per heavy atom. The van der Waals surface area contributed by atoms with Crippen LogP contribution in [-0.2, 0) is 27.4 Å². The number of aliphatic hydroxyl groups excluding tert-OH is 1. The third-order valence-electron chi connectivity index (χ3n) is 3.25. The minimum Gasteiger partial charge on any atom is -0.474 e. The number of aliphatic carboxylic acids is 1. The van der Waals surface area contributed by atoms with E-state index in [1.165, 1.54) is 12.0 Å². The lowest BCUT2D eigenvalue weighted by molar-refractivity contribution is -0.149. The number of aliphatic hydroxyl groups is 1. The van der Waals surface area contributed by atoms with Crippen molar-refractivity contribution in [2.75, 3.05) is 18.6 Å². The number of para-hydroxylation sites is 1. The molecule has 0 saturated heterocycles. The van der Waals surface area contributed by atoms with Gasteiger partial charge in [-0.2, -0.15) is 0 Å². The number of ether oxygens (including phenoxy) is 1. The maximum atomic E-state index is 12.1. The molecular formula is C15H21NO5. The van der Waals surface area contributed by atoms with Gasteiger partial charge in [-0.05, 0) is 18.9 Å². The molecule has 0 spiro atoms. The predicted molar refractivity (Wildman–Crippen MR) is 78.2 cm³/mol. The molecule has 0 fully saturated rings. The van der Waals surface area contributed by atoms with Gasteiger partial charge in [-0.25, -0.2) is 4.79 Å².